The summed E-state index contributed by atoms with van der Waals surface area (Å²) in [7, 11) is 0. The van der Waals surface area contributed by atoms with Gasteiger partial charge in [0.25, 0.3) is 0 Å². The third-order valence-corrected chi connectivity index (χ3v) is 9.13. The minimum absolute atomic E-state index is 0.149. The van der Waals surface area contributed by atoms with E-state index in [9.17, 15) is 24.9 Å². The number of carboxylic acids is 2. The van der Waals surface area contributed by atoms with Gasteiger partial charge in [-0.25, -0.2) is 15.0 Å². The van der Waals surface area contributed by atoms with Crippen molar-refractivity contribution in [2.24, 2.45) is 20.9 Å². The van der Waals surface area contributed by atoms with Crippen LogP contribution in [-0.4, -0.2) is 49.4 Å². The number of aromatic amines is 1. The smallest absolute Gasteiger partial charge is 0.318 e. The van der Waals surface area contributed by atoms with Crippen LogP contribution in [0.2, 0.25) is 0 Å². The fourth-order valence-electron chi connectivity index (χ4n) is 6.77. The van der Waals surface area contributed by atoms with Crippen molar-refractivity contribution in [1.82, 2.24) is 4.98 Å². The van der Waals surface area contributed by atoms with E-state index in [1.165, 1.54) is 0 Å². The summed E-state index contributed by atoms with van der Waals surface area (Å²) in [5.74, 6) is -3.84. The molecule has 1 aromatic heterocycles. The minimum Gasteiger partial charge on any atom is -0.510 e. The van der Waals surface area contributed by atoms with Crippen molar-refractivity contribution in [2.75, 3.05) is 0 Å². The zero-order valence-electron chi connectivity index (χ0n) is 25.1. The highest BCUT2D eigenvalue weighted by molar-refractivity contribution is 6.27. The van der Waals surface area contributed by atoms with E-state index in [0.717, 1.165) is 62.8 Å². The maximum atomic E-state index is 12.6. The first kappa shape index (κ1) is 28.3. The van der Waals surface area contributed by atoms with Crippen molar-refractivity contribution in [3.05, 3.63) is 89.8 Å². The summed E-state index contributed by atoms with van der Waals surface area (Å²) in [6.45, 7) is 12.0. The van der Waals surface area contributed by atoms with Gasteiger partial charge in [0.1, 0.15) is 11.7 Å². The van der Waals surface area contributed by atoms with Gasteiger partial charge >= 0.3 is 11.9 Å². The number of nitrogens with zero attached hydrogens (tertiary/aromatic N) is 3. The average Bonchev–Trinajstić information content (AvgIpc) is 3.68. The van der Waals surface area contributed by atoms with Crippen LogP contribution in [0.25, 0.3) is 12.2 Å². The van der Waals surface area contributed by atoms with Crippen molar-refractivity contribution in [1.29, 1.82) is 0 Å². The Labute approximate surface area is 248 Å². The molecule has 5 heterocycles. The topological polar surface area (TPSA) is 148 Å². The van der Waals surface area contributed by atoms with E-state index in [1.54, 1.807) is 0 Å². The van der Waals surface area contributed by atoms with Crippen LogP contribution >= 0.6 is 0 Å². The normalized spacial score (nSPS) is 20.9. The molecule has 1 unspecified atom stereocenters. The zero-order chi connectivity index (χ0) is 30.9. The monoisotopic (exact) mass is 578 g/mol. The molecule has 220 valence electrons. The second-order valence-electron chi connectivity index (χ2n) is 11.4. The Bertz CT molecular complexity index is 1980. The molecule has 1 aromatic rings. The highest BCUT2D eigenvalue weighted by Gasteiger charge is 2.46. The highest BCUT2D eigenvalue weighted by atomic mass is 16.4. The Balaban J connectivity index is 1.74. The van der Waals surface area contributed by atoms with Crippen LogP contribution in [0.1, 0.15) is 65.0 Å². The molecule has 9 nitrogen and oxygen atoms in total. The van der Waals surface area contributed by atoms with Gasteiger partial charge in [0.05, 0.1) is 34.2 Å². The summed E-state index contributed by atoms with van der Waals surface area (Å²) in [4.78, 5) is 42.7. The Morgan fingerprint density at radius 3 is 2.19 bits per heavy atom. The van der Waals surface area contributed by atoms with Crippen LogP contribution in [0.15, 0.2) is 82.9 Å². The molecule has 0 amide bonds. The number of aromatic nitrogens is 1. The molecule has 6 rings (SSSR count). The van der Waals surface area contributed by atoms with Crippen molar-refractivity contribution < 1.29 is 24.9 Å². The van der Waals surface area contributed by atoms with Crippen LogP contribution in [-0.2, 0) is 16.0 Å². The first-order valence-corrected chi connectivity index (χ1v) is 14.6. The quantitative estimate of drug-likeness (QED) is 0.387. The lowest BCUT2D eigenvalue weighted by Gasteiger charge is -2.13. The van der Waals surface area contributed by atoms with E-state index in [0.29, 0.717) is 39.5 Å². The molecule has 1 atom stereocenters. The number of aliphatic hydroxyl groups is 1. The standard InChI is InChI=1S/C34H34N4O5/c1-7-18-14(3)21-11-23-16(5)20(9-10-27(39)40)31(37-23)29-30(34(42)43)33(41)28-17(6)24(38-32(28)29)13-26-19(8-2)15(4)22(36-26)12-25(18)35-21/h11-13,30,35,41H,7-10H2,1-6H3,(H,39,40)(H,42,43). The fourth-order valence-corrected chi connectivity index (χ4v) is 6.77. The van der Waals surface area contributed by atoms with E-state index in [-0.39, 0.29) is 24.2 Å². The summed E-state index contributed by atoms with van der Waals surface area (Å²) in [5, 5.41) is 33.0. The number of allylic oxidation sites excluding steroid dienone is 7. The molecular formula is C34H34N4O5. The predicted octanol–water partition coefficient (Wildman–Crippen LogP) is 4.67. The number of carboxylic acid groups (broad SMARTS) is 2. The number of carbonyl (C=O) groups is 2. The van der Waals surface area contributed by atoms with Gasteiger partial charge in [-0.1, -0.05) is 13.8 Å². The average molecular weight is 579 g/mol. The first-order valence-electron chi connectivity index (χ1n) is 14.6. The zero-order valence-corrected chi connectivity index (χ0v) is 25.1. The van der Waals surface area contributed by atoms with Gasteiger partial charge in [0.2, 0.25) is 0 Å². The summed E-state index contributed by atoms with van der Waals surface area (Å²) in [6.07, 6.45) is 7.51. The number of rotatable bonds is 6. The van der Waals surface area contributed by atoms with Gasteiger partial charge in [0, 0.05) is 28.3 Å². The second kappa shape index (κ2) is 10.2. The van der Waals surface area contributed by atoms with Crippen LogP contribution in [0.3, 0.4) is 0 Å². The van der Waals surface area contributed by atoms with Gasteiger partial charge in [0.15, 0.2) is 0 Å². The molecule has 0 radical (unpaired) electrons. The maximum absolute atomic E-state index is 12.6. The van der Waals surface area contributed by atoms with Gasteiger partial charge < -0.3 is 20.3 Å². The van der Waals surface area contributed by atoms with Crippen LogP contribution in [0.5, 0.6) is 0 Å². The van der Waals surface area contributed by atoms with Gasteiger partial charge in [-0.15, -0.1) is 0 Å². The number of aliphatic hydroxyl groups excluding tert-OH is 1. The number of aliphatic imine (C=N–C) groups is 3. The molecule has 0 aromatic carbocycles. The number of nitrogens with one attached hydrogen (secondary N) is 1. The molecule has 5 aliphatic rings. The molecule has 0 spiro atoms. The van der Waals surface area contributed by atoms with Gasteiger partial charge in [-0.2, -0.15) is 0 Å². The molecular weight excluding hydrogens is 544 g/mol. The Morgan fingerprint density at radius 2 is 1.53 bits per heavy atom. The lowest BCUT2D eigenvalue weighted by atomic mass is 9.92. The van der Waals surface area contributed by atoms with Crippen LogP contribution in [0, 0.1) is 12.8 Å². The number of hydrogen-bond donors (Lipinski definition) is 4. The number of fused-ring (bicyclic) bond motifs is 5. The lowest BCUT2D eigenvalue weighted by molar-refractivity contribution is -0.140. The molecule has 0 fully saturated rings. The minimum atomic E-state index is -1.37. The summed E-state index contributed by atoms with van der Waals surface area (Å²) in [5.41, 5.74) is 10.7. The van der Waals surface area contributed by atoms with Crippen molar-refractivity contribution in [2.45, 2.75) is 67.2 Å². The number of H-pyrrole nitrogens is 1. The molecule has 8 bridgehead atoms. The molecule has 4 aliphatic heterocycles. The molecule has 9 heteroatoms. The van der Waals surface area contributed by atoms with Crippen LogP contribution in [0.4, 0.5) is 0 Å². The number of hydrogen-bond acceptors (Lipinski definition) is 6. The van der Waals surface area contributed by atoms with Crippen molar-refractivity contribution in [3.8, 4) is 0 Å². The van der Waals surface area contributed by atoms with E-state index >= 15 is 0 Å². The summed E-state index contributed by atoms with van der Waals surface area (Å²) >= 11 is 0. The maximum Gasteiger partial charge on any atom is 0.318 e. The largest absolute Gasteiger partial charge is 0.510 e. The molecule has 4 N–H and O–H groups in total. The fraction of sp³-hybridized carbons (Fsp3) is 0.324. The Hall–Kier alpha value is -4.79. The highest BCUT2D eigenvalue weighted by Crippen LogP contribution is 2.47. The Kier molecular flexibility index (Phi) is 6.71. The van der Waals surface area contributed by atoms with Crippen molar-refractivity contribution >= 4 is 41.2 Å². The third-order valence-electron chi connectivity index (χ3n) is 9.13. The molecule has 43 heavy (non-hydrogen) atoms. The molecule has 1 aliphatic carbocycles. The lowest BCUT2D eigenvalue weighted by Crippen LogP contribution is -2.19. The van der Waals surface area contributed by atoms with E-state index in [1.807, 2.05) is 26.0 Å². The van der Waals surface area contributed by atoms with Gasteiger partial charge in [-0.3, -0.25) is 9.59 Å². The summed E-state index contributed by atoms with van der Waals surface area (Å²) in [6, 6.07) is 0. The molecule has 0 saturated heterocycles. The third kappa shape index (κ3) is 4.25. The summed E-state index contributed by atoms with van der Waals surface area (Å²) < 4.78 is 0. The SMILES string of the molecule is CCC1=C(C)C2=NC1=CC1=C(C)C3=C(O)C(C(=O)O)C(=C4N=C(C=c5[nH]c(c(CC)c5C)=C2)C(C)=C4CCC(=O)O)C3=N1. The van der Waals surface area contributed by atoms with Crippen molar-refractivity contribution in [3.63, 3.8) is 0 Å². The first-order chi connectivity index (χ1) is 20.5. The van der Waals surface area contributed by atoms with E-state index in [2.05, 4.69) is 38.8 Å². The van der Waals surface area contributed by atoms with Gasteiger partial charge in [-0.05, 0) is 104 Å². The molecule has 0 saturated carbocycles. The Morgan fingerprint density at radius 1 is 0.860 bits per heavy atom. The van der Waals surface area contributed by atoms with E-state index in [4.69, 9.17) is 15.0 Å². The van der Waals surface area contributed by atoms with E-state index < -0.39 is 17.9 Å². The second-order valence-corrected chi connectivity index (χ2v) is 11.4. The van der Waals surface area contributed by atoms with Crippen LogP contribution < -0.4 is 10.7 Å². The predicted molar refractivity (Wildman–Crippen MR) is 167 cm³/mol. The number of aliphatic carboxylic acids is 2.